The van der Waals surface area contributed by atoms with Crippen molar-refractivity contribution in [1.82, 2.24) is 9.73 Å². The molecule has 1 fully saturated rings. The summed E-state index contributed by atoms with van der Waals surface area (Å²) in [5.41, 5.74) is 4.83. The first kappa shape index (κ1) is 26.9. The summed E-state index contributed by atoms with van der Waals surface area (Å²) >= 11 is 0. The van der Waals surface area contributed by atoms with E-state index in [0.29, 0.717) is 18.1 Å². The highest BCUT2D eigenvalue weighted by atomic mass is 32.2. The van der Waals surface area contributed by atoms with Gasteiger partial charge in [0.25, 0.3) is 5.91 Å². The lowest BCUT2D eigenvalue weighted by Gasteiger charge is -2.34. The SMILES string of the molecule is COc1ccc(S(=O)(=O)N(CCc2ccccc2)CC(=O)NN=C2CCC(C(C)(C)C)CC2)cc1. The molecule has 190 valence electrons. The second-order valence-corrected chi connectivity index (χ2v) is 12.0. The molecule has 2 aromatic carbocycles. The summed E-state index contributed by atoms with van der Waals surface area (Å²) in [4.78, 5) is 12.9. The molecular formula is C27H37N3O4S. The molecule has 0 unspecified atom stereocenters. The van der Waals surface area contributed by atoms with Gasteiger partial charge in [-0.15, -0.1) is 0 Å². The Bertz CT molecular complexity index is 1100. The van der Waals surface area contributed by atoms with Crippen LogP contribution in [0.25, 0.3) is 0 Å². The quantitative estimate of drug-likeness (QED) is 0.509. The van der Waals surface area contributed by atoms with Crippen LogP contribution in [0.2, 0.25) is 0 Å². The lowest BCUT2D eigenvalue weighted by Crippen LogP contribution is -2.40. The first-order chi connectivity index (χ1) is 16.6. The number of benzene rings is 2. The molecule has 35 heavy (non-hydrogen) atoms. The molecule has 0 spiro atoms. The predicted octanol–water partition coefficient (Wildman–Crippen LogP) is 4.64. The van der Waals surface area contributed by atoms with Crippen LogP contribution in [0.1, 0.15) is 52.0 Å². The standard InChI is InChI=1S/C27H37N3O4S/c1-27(2,3)22-10-12-23(13-11-22)28-29-26(31)20-30(19-18-21-8-6-5-7-9-21)35(32,33)25-16-14-24(34-4)15-17-25/h5-9,14-17,22H,10-13,18-20H2,1-4H3,(H,29,31). The maximum Gasteiger partial charge on any atom is 0.255 e. The fourth-order valence-corrected chi connectivity index (χ4v) is 5.74. The van der Waals surface area contributed by atoms with Crippen LogP contribution in [0.15, 0.2) is 64.6 Å². The zero-order valence-corrected chi connectivity index (χ0v) is 22.0. The van der Waals surface area contributed by atoms with Gasteiger partial charge in [-0.05, 0) is 73.3 Å². The van der Waals surface area contributed by atoms with Crippen molar-refractivity contribution in [2.75, 3.05) is 20.2 Å². The third-order valence-corrected chi connectivity index (χ3v) is 8.50. The summed E-state index contributed by atoms with van der Waals surface area (Å²) in [5.74, 6) is 0.760. The number of hydrogen-bond donors (Lipinski definition) is 1. The third kappa shape index (κ3) is 7.64. The minimum Gasteiger partial charge on any atom is -0.497 e. The van der Waals surface area contributed by atoms with Crippen LogP contribution < -0.4 is 10.2 Å². The van der Waals surface area contributed by atoms with Gasteiger partial charge in [0.15, 0.2) is 0 Å². The average Bonchev–Trinajstić information content (AvgIpc) is 2.85. The topological polar surface area (TPSA) is 88.1 Å². The molecular weight excluding hydrogens is 462 g/mol. The van der Waals surface area contributed by atoms with Crippen LogP contribution in [-0.2, 0) is 21.2 Å². The van der Waals surface area contributed by atoms with E-state index < -0.39 is 15.9 Å². The largest absolute Gasteiger partial charge is 0.497 e. The van der Waals surface area contributed by atoms with E-state index in [-0.39, 0.29) is 23.4 Å². The van der Waals surface area contributed by atoms with Gasteiger partial charge >= 0.3 is 0 Å². The maximum atomic E-state index is 13.4. The Balaban J connectivity index is 1.69. The van der Waals surface area contributed by atoms with Gasteiger partial charge in [-0.25, -0.2) is 13.8 Å². The molecule has 0 atom stereocenters. The molecule has 1 saturated carbocycles. The number of methoxy groups -OCH3 is 1. The van der Waals surface area contributed by atoms with E-state index in [1.54, 1.807) is 12.1 Å². The monoisotopic (exact) mass is 499 g/mol. The van der Waals surface area contributed by atoms with Crippen LogP contribution in [0.4, 0.5) is 0 Å². The van der Waals surface area contributed by atoms with Crippen LogP contribution in [-0.4, -0.2) is 44.5 Å². The number of nitrogens with one attached hydrogen (secondary N) is 1. The molecule has 1 aliphatic rings. The molecule has 0 aromatic heterocycles. The first-order valence-electron chi connectivity index (χ1n) is 12.1. The normalized spacial score (nSPS) is 16.7. The molecule has 1 aliphatic carbocycles. The second-order valence-electron chi connectivity index (χ2n) is 10.1. The van der Waals surface area contributed by atoms with Crippen molar-refractivity contribution in [2.45, 2.75) is 57.8 Å². The van der Waals surface area contributed by atoms with E-state index in [1.165, 1.54) is 23.5 Å². The van der Waals surface area contributed by atoms with Gasteiger partial charge in [-0.1, -0.05) is 51.1 Å². The van der Waals surface area contributed by atoms with Crippen molar-refractivity contribution >= 4 is 21.6 Å². The summed E-state index contributed by atoms with van der Waals surface area (Å²) in [6.07, 6.45) is 4.29. The molecule has 7 nitrogen and oxygen atoms in total. The number of rotatable bonds is 9. The molecule has 1 amide bonds. The van der Waals surface area contributed by atoms with Crippen molar-refractivity contribution in [3.63, 3.8) is 0 Å². The number of hydrogen-bond acceptors (Lipinski definition) is 5. The highest BCUT2D eigenvalue weighted by Gasteiger charge is 2.29. The molecule has 0 saturated heterocycles. The van der Waals surface area contributed by atoms with Crippen LogP contribution in [0.5, 0.6) is 5.75 Å². The van der Waals surface area contributed by atoms with Crippen molar-refractivity contribution in [1.29, 1.82) is 0 Å². The number of nitrogens with zero attached hydrogens (tertiary/aromatic N) is 2. The van der Waals surface area contributed by atoms with E-state index in [0.717, 1.165) is 37.0 Å². The Hall–Kier alpha value is -2.71. The molecule has 0 bridgehead atoms. The van der Waals surface area contributed by atoms with Gasteiger partial charge in [0.05, 0.1) is 18.6 Å². The summed E-state index contributed by atoms with van der Waals surface area (Å²) in [6.45, 7) is 6.65. The molecule has 1 N–H and O–H groups in total. The van der Waals surface area contributed by atoms with E-state index in [9.17, 15) is 13.2 Å². The van der Waals surface area contributed by atoms with Gasteiger partial charge in [0.1, 0.15) is 5.75 Å². The fourth-order valence-electron chi connectivity index (χ4n) is 4.35. The van der Waals surface area contributed by atoms with Crippen LogP contribution in [0.3, 0.4) is 0 Å². The van der Waals surface area contributed by atoms with Crippen molar-refractivity contribution < 1.29 is 17.9 Å². The Labute approximate surface area is 209 Å². The van der Waals surface area contributed by atoms with Crippen molar-refractivity contribution in [3.05, 3.63) is 60.2 Å². The number of ether oxygens (including phenoxy) is 1. The minimum atomic E-state index is -3.89. The Morgan fingerprint density at radius 2 is 1.69 bits per heavy atom. The molecule has 0 radical (unpaired) electrons. The summed E-state index contributed by atoms with van der Waals surface area (Å²) in [7, 11) is -2.36. The van der Waals surface area contributed by atoms with E-state index in [2.05, 4.69) is 31.3 Å². The van der Waals surface area contributed by atoms with Crippen LogP contribution in [0, 0.1) is 11.3 Å². The predicted molar refractivity (Wildman–Crippen MR) is 139 cm³/mol. The van der Waals surface area contributed by atoms with E-state index in [4.69, 9.17) is 4.74 Å². The van der Waals surface area contributed by atoms with E-state index in [1.807, 2.05) is 30.3 Å². The Morgan fingerprint density at radius 3 is 2.26 bits per heavy atom. The summed E-state index contributed by atoms with van der Waals surface area (Å²) in [6, 6.07) is 15.8. The smallest absolute Gasteiger partial charge is 0.255 e. The molecule has 3 rings (SSSR count). The second kappa shape index (κ2) is 11.8. The lowest BCUT2D eigenvalue weighted by atomic mass is 9.72. The average molecular weight is 500 g/mol. The number of amides is 1. The van der Waals surface area contributed by atoms with Gasteiger partial charge < -0.3 is 4.74 Å². The zero-order chi connectivity index (χ0) is 25.5. The number of hydrazone groups is 1. The number of carbonyl (C=O) groups excluding carboxylic acids is 1. The van der Waals surface area contributed by atoms with Gasteiger partial charge in [0.2, 0.25) is 10.0 Å². The van der Waals surface area contributed by atoms with E-state index >= 15 is 0 Å². The summed E-state index contributed by atoms with van der Waals surface area (Å²) in [5, 5.41) is 4.33. The summed E-state index contributed by atoms with van der Waals surface area (Å²) < 4.78 is 33.1. The van der Waals surface area contributed by atoms with Gasteiger partial charge in [0, 0.05) is 12.3 Å². The fraction of sp³-hybridized carbons (Fsp3) is 0.481. The molecule has 0 heterocycles. The zero-order valence-electron chi connectivity index (χ0n) is 21.2. The molecule has 2 aromatic rings. The number of carbonyl (C=O) groups is 1. The highest BCUT2D eigenvalue weighted by Crippen LogP contribution is 2.36. The van der Waals surface area contributed by atoms with Gasteiger partial charge in [-0.3, -0.25) is 4.79 Å². The number of sulfonamides is 1. The minimum absolute atomic E-state index is 0.117. The van der Waals surface area contributed by atoms with Gasteiger partial charge in [-0.2, -0.15) is 9.41 Å². The Morgan fingerprint density at radius 1 is 1.06 bits per heavy atom. The lowest BCUT2D eigenvalue weighted by molar-refractivity contribution is -0.121. The maximum absolute atomic E-state index is 13.4. The van der Waals surface area contributed by atoms with Crippen molar-refractivity contribution in [3.8, 4) is 5.75 Å². The van der Waals surface area contributed by atoms with Crippen molar-refractivity contribution in [2.24, 2.45) is 16.4 Å². The van der Waals surface area contributed by atoms with Crippen LogP contribution >= 0.6 is 0 Å². The Kier molecular flexibility index (Phi) is 9.08. The highest BCUT2D eigenvalue weighted by molar-refractivity contribution is 7.89. The third-order valence-electron chi connectivity index (χ3n) is 6.64. The molecule has 0 aliphatic heterocycles. The first-order valence-corrected chi connectivity index (χ1v) is 13.6. The molecule has 8 heteroatoms.